The topological polar surface area (TPSA) is 49.6 Å². The molecule has 0 radical (unpaired) electrons. The minimum atomic E-state index is -0.00573. The van der Waals surface area contributed by atoms with Gasteiger partial charge in [-0.2, -0.15) is 0 Å². The summed E-state index contributed by atoms with van der Waals surface area (Å²) in [6, 6.07) is 0. The number of piperazine rings is 1. The van der Waals surface area contributed by atoms with E-state index < -0.39 is 0 Å². The van der Waals surface area contributed by atoms with Crippen LogP contribution in [-0.2, 0) is 16.8 Å². The molecule has 5 fully saturated rings. The van der Waals surface area contributed by atoms with E-state index in [1.807, 2.05) is 6.20 Å². The van der Waals surface area contributed by atoms with E-state index in [9.17, 15) is 4.79 Å². The highest BCUT2D eigenvalue weighted by Gasteiger charge is 2.55. The molecule has 0 aromatic carbocycles. The van der Waals surface area contributed by atoms with E-state index in [4.69, 9.17) is 4.42 Å². The smallest absolute Gasteiger partial charge is 0.228 e. The second-order valence-electron chi connectivity index (χ2n) is 11.1. The monoisotopic (exact) mass is 385 g/mol. The largest absolute Gasteiger partial charge is 0.444 e. The lowest BCUT2D eigenvalue weighted by Crippen LogP contribution is -2.58. The minimum Gasteiger partial charge on any atom is -0.444 e. The molecular weight excluding hydrogens is 350 g/mol. The molecule has 1 saturated heterocycles. The van der Waals surface area contributed by atoms with E-state index in [0.29, 0.717) is 5.91 Å². The quantitative estimate of drug-likeness (QED) is 0.793. The molecule has 0 spiro atoms. The predicted molar refractivity (Wildman–Crippen MR) is 108 cm³/mol. The highest BCUT2D eigenvalue weighted by Crippen LogP contribution is 2.60. The molecule has 4 saturated carbocycles. The summed E-state index contributed by atoms with van der Waals surface area (Å²) >= 11 is 0. The second-order valence-corrected chi connectivity index (χ2v) is 11.1. The van der Waals surface area contributed by atoms with Gasteiger partial charge in [-0.3, -0.25) is 9.69 Å². The third-order valence-electron chi connectivity index (χ3n) is 7.80. The zero-order chi connectivity index (χ0) is 19.5. The number of hydrogen-bond acceptors (Lipinski definition) is 4. The highest BCUT2D eigenvalue weighted by molar-refractivity contribution is 5.83. The van der Waals surface area contributed by atoms with Gasteiger partial charge in [0.15, 0.2) is 0 Å². The molecule has 5 nitrogen and oxygen atoms in total. The first-order chi connectivity index (χ1) is 13.3. The van der Waals surface area contributed by atoms with Gasteiger partial charge >= 0.3 is 0 Å². The van der Waals surface area contributed by atoms with Crippen molar-refractivity contribution < 1.29 is 9.21 Å². The fourth-order valence-corrected chi connectivity index (χ4v) is 6.74. The maximum atomic E-state index is 13.5. The molecule has 0 N–H and O–H groups in total. The van der Waals surface area contributed by atoms with Gasteiger partial charge in [0, 0.05) is 31.6 Å². The van der Waals surface area contributed by atoms with Gasteiger partial charge in [-0.25, -0.2) is 4.98 Å². The van der Waals surface area contributed by atoms with Crippen molar-refractivity contribution in [3.63, 3.8) is 0 Å². The van der Waals surface area contributed by atoms with E-state index in [2.05, 4.69) is 35.6 Å². The van der Waals surface area contributed by atoms with Crippen molar-refractivity contribution in [3.8, 4) is 0 Å². The number of oxazole rings is 1. The van der Waals surface area contributed by atoms with Gasteiger partial charge in [-0.05, 0) is 56.3 Å². The van der Waals surface area contributed by atoms with Gasteiger partial charge in [0.05, 0.1) is 18.2 Å². The number of carbonyl (C=O) groups is 1. The number of aromatic nitrogens is 1. The molecule has 1 aliphatic heterocycles. The number of rotatable bonds is 3. The highest BCUT2D eigenvalue weighted by atomic mass is 16.4. The van der Waals surface area contributed by atoms with E-state index in [1.54, 1.807) is 0 Å². The van der Waals surface area contributed by atoms with Gasteiger partial charge < -0.3 is 9.32 Å². The maximum absolute atomic E-state index is 13.5. The Bertz CT molecular complexity index is 704. The summed E-state index contributed by atoms with van der Waals surface area (Å²) in [5.74, 6) is 4.72. The van der Waals surface area contributed by atoms with E-state index in [1.165, 1.54) is 38.5 Å². The third-order valence-corrected chi connectivity index (χ3v) is 7.80. The molecule has 28 heavy (non-hydrogen) atoms. The zero-order valence-electron chi connectivity index (χ0n) is 17.7. The SMILES string of the molecule is CC(C)(C)c1cnc(CN2CCN(C(=O)C34CC5CC(CC(C5)C3)C4)CC2)o1. The first-order valence-corrected chi connectivity index (χ1v) is 11.3. The Morgan fingerprint density at radius 3 is 2.14 bits per heavy atom. The van der Waals surface area contributed by atoms with Crippen molar-refractivity contribution in [1.29, 1.82) is 0 Å². The second kappa shape index (κ2) is 6.58. The molecule has 5 heteroatoms. The van der Waals surface area contributed by atoms with Gasteiger partial charge in [-0.1, -0.05) is 20.8 Å². The van der Waals surface area contributed by atoms with Crippen LogP contribution >= 0.6 is 0 Å². The summed E-state index contributed by atoms with van der Waals surface area (Å²) in [4.78, 5) is 22.5. The van der Waals surface area contributed by atoms with Crippen LogP contribution in [0.2, 0.25) is 0 Å². The summed E-state index contributed by atoms with van der Waals surface area (Å²) in [6.45, 7) is 10.7. The molecular formula is C23H35N3O2. The van der Waals surface area contributed by atoms with Crippen LogP contribution in [0.3, 0.4) is 0 Å². The van der Waals surface area contributed by atoms with Crippen molar-refractivity contribution in [2.75, 3.05) is 26.2 Å². The van der Waals surface area contributed by atoms with Crippen LogP contribution in [0.1, 0.15) is 70.9 Å². The summed E-state index contributed by atoms with van der Waals surface area (Å²) in [6.07, 6.45) is 9.56. The average Bonchev–Trinajstić information content (AvgIpc) is 3.10. The Balaban J connectivity index is 1.18. The maximum Gasteiger partial charge on any atom is 0.228 e. The molecule has 1 aromatic rings. The van der Waals surface area contributed by atoms with Crippen LogP contribution in [0.15, 0.2) is 10.6 Å². The van der Waals surface area contributed by atoms with Gasteiger partial charge in [0.25, 0.3) is 0 Å². The van der Waals surface area contributed by atoms with Crippen LogP contribution in [-0.4, -0.2) is 46.9 Å². The van der Waals surface area contributed by atoms with E-state index >= 15 is 0 Å². The Labute approximate surface area is 168 Å². The van der Waals surface area contributed by atoms with Crippen LogP contribution in [0.5, 0.6) is 0 Å². The molecule has 2 heterocycles. The zero-order valence-corrected chi connectivity index (χ0v) is 17.7. The first kappa shape index (κ1) is 18.7. The Morgan fingerprint density at radius 1 is 1.07 bits per heavy atom. The molecule has 0 unspecified atom stereocenters. The standard InChI is InChI=1S/C23H35N3O2/c1-22(2,3)19-14-24-20(28-19)15-25-4-6-26(7-5-25)21(27)23-11-16-8-17(12-23)10-18(9-16)13-23/h14,16-18H,4-13,15H2,1-3H3. The van der Waals surface area contributed by atoms with Crippen molar-refractivity contribution in [1.82, 2.24) is 14.8 Å². The van der Waals surface area contributed by atoms with Gasteiger partial charge in [-0.15, -0.1) is 0 Å². The number of amides is 1. The van der Waals surface area contributed by atoms with Crippen molar-refractivity contribution in [2.45, 2.75) is 71.3 Å². The molecule has 6 rings (SSSR count). The molecule has 4 aliphatic carbocycles. The van der Waals surface area contributed by atoms with Crippen LogP contribution in [0, 0.1) is 23.2 Å². The van der Waals surface area contributed by atoms with Crippen LogP contribution < -0.4 is 0 Å². The number of hydrogen-bond donors (Lipinski definition) is 0. The normalized spacial score (nSPS) is 35.5. The fourth-order valence-electron chi connectivity index (χ4n) is 6.74. The molecule has 5 aliphatic rings. The molecule has 154 valence electrons. The third kappa shape index (κ3) is 3.30. The lowest BCUT2D eigenvalue weighted by Gasteiger charge is -2.57. The summed E-state index contributed by atoms with van der Waals surface area (Å²) in [5.41, 5.74) is -0.00464. The lowest BCUT2D eigenvalue weighted by atomic mass is 9.49. The van der Waals surface area contributed by atoms with Crippen molar-refractivity contribution in [2.24, 2.45) is 23.2 Å². The first-order valence-electron chi connectivity index (χ1n) is 11.3. The average molecular weight is 386 g/mol. The van der Waals surface area contributed by atoms with Gasteiger partial charge in [0.1, 0.15) is 5.76 Å². The van der Waals surface area contributed by atoms with E-state index in [0.717, 1.165) is 62.1 Å². The number of carbonyl (C=O) groups excluding carboxylic acids is 1. The fraction of sp³-hybridized carbons (Fsp3) is 0.826. The predicted octanol–water partition coefficient (Wildman–Crippen LogP) is 3.83. The summed E-state index contributed by atoms with van der Waals surface area (Å²) in [5, 5.41) is 0. The lowest BCUT2D eigenvalue weighted by molar-refractivity contribution is -0.159. The molecule has 1 aromatic heterocycles. The Morgan fingerprint density at radius 2 is 1.64 bits per heavy atom. The Kier molecular flexibility index (Phi) is 4.38. The minimum absolute atomic E-state index is 0.00109. The summed E-state index contributed by atoms with van der Waals surface area (Å²) < 4.78 is 5.96. The number of nitrogens with zero attached hydrogens (tertiary/aromatic N) is 3. The van der Waals surface area contributed by atoms with E-state index in [-0.39, 0.29) is 10.8 Å². The van der Waals surface area contributed by atoms with Gasteiger partial charge in [0.2, 0.25) is 11.8 Å². The van der Waals surface area contributed by atoms with Crippen LogP contribution in [0.25, 0.3) is 0 Å². The van der Waals surface area contributed by atoms with Crippen molar-refractivity contribution >= 4 is 5.91 Å². The molecule has 1 amide bonds. The Hall–Kier alpha value is -1.36. The summed E-state index contributed by atoms with van der Waals surface area (Å²) in [7, 11) is 0. The van der Waals surface area contributed by atoms with Crippen LogP contribution in [0.4, 0.5) is 0 Å². The molecule has 0 atom stereocenters. The van der Waals surface area contributed by atoms with Crippen molar-refractivity contribution in [3.05, 3.63) is 17.8 Å². The molecule has 4 bridgehead atoms.